The van der Waals surface area contributed by atoms with Gasteiger partial charge in [-0.2, -0.15) is 13.2 Å². The van der Waals surface area contributed by atoms with Crippen molar-refractivity contribution in [2.45, 2.75) is 44.3 Å². The van der Waals surface area contributed by atoms with Crippen molar-refractivity contribution in [2.24, 2.45) is 5.92 Å². The van der Waals surface area contributed by atoms with Crippen LogP contribution in [-0.4, -0.2) is 93.9 Å². The Bertz CT molecular complexity index is 1340. The highest BCUT2D eigenvalue weighted by molar-refractivity contribution is 6.42. The maximum absolute atomic E-state index is 13.5. The minimum absolute atomic E-state index is 0.0456. The molecule has 3 amide bonds. The lowest BCUT2D eigenvalue weighted by Gasteiger charge is -2.44. The SMILES string of the molecule is CC(=O)N1CCC(C(=O)N2CC[C@@H](N(C)C(=O)c3ccc(Cl)cn3)[C@H](c3ccc(Cl)c(Cl)c3)C2)CC1.O=C(O)C(F)(F)F. The van der Waals surface area contributed by atoms with Crippen LogP contribution in [0.4, 0.5) is 13.2 Å². The first-order valence-corrected chi connectivity index (χ1v) is 14.4. The summed E-state index contributed by atoms with van der Waals surface area (Å²) < 4.78 is 31.7. The van der Waals surface area contributed by atoms with E-state index in [0.717, 1.165) is 5.56 Å². The summed E-state index contributed by atoms with van der Waals surface area (Å²) in [4.78, 5) is 56.9. The Morgan fingerprint density at radius 3 is 2.07 bits per heavy atom. The van der Waals surface area contributed by atoms with Crippen LogP contribution >= 0.6 is 34.8 Å². The van der Waals surface area contributed by atoms with Gasteiger partial charge in [0.15, 0.2) is 0 Å². The van der Waals surface area contributed by atoms with Gasteiger partial charge in [0.1, 0.15) is 5.69 Å². The number of aliphatic carboxylic acids is 1. The fourth-order valence-electron chi connectivity index (χ4n) is 5.21. The Hall–Kier alpha value is -3.09. The van der Waals surface area contributed by atoms with Crippen molar-refractivity contribution >= 4 is 58.5 Å². The number of carboxylic acid groups (broad SMARTS) is 1. The van der Waals surface area contributed by atoms with Crippen molar-refractivity contribution in [1.29, 1.82) is 0 Å². The average molecular weight is 666 g/mol. The van der Waals surface area contributed by atoms with Crippen molar-refractivity contribution < 1.29 is 37.5 Å². The number of alkyl halides is 3. The molecule has 0 aliphatic carbocycles. The smallest absolute Gasteiger partial charge is 0.475 e. The molecule has 9 nitrogen and oxygen atoms in total. The van der Waals surface area contributed by atoms with Crippen LogP contribution in [0.5, 0.6) is 0 Å². The number of amides is 3. The second-order valence-electron chi connectivity index (χ2n) is 10.3. The zero-order valence-electron chi connectivity index (χ0n) is 23.3. The van der Waals surface area contributed by atoms with Crippen molar-refractivity contribution in [2.75, 3.05) is 33.2 Å². The van der Waals surface area contributed by atoms with Crippen LogP contribution in [0.2, 0.25) is 15.1 Å². The Kier molecular flexibility index (Phi) is 11.7. The number of piperidine rings is 2. The molecule has 0 unspecified atom stereocenters. The minimum atomic E-state index is -5.08. The summed E-state index contributed by atoms with van der Waals surface area (Å²) in [6.07, 6.45) is -1.69. The molecular formula is C28H30Cl3F3N4O5. The fourth-order valence-corrected chi connectivity index (χ4v) is 5.63. The predicted octanol–water partition coefficient (Wildman–Crippen LogP) is 5.39. The third-order valence-electron chi connectivity index (χ3n) is 7.56. The molecule has 0 radical (unpaired) electrons. The third-order valence-corrected chi connectivity index (χ3v) is 8.52. The molecule has 1 aromatic carbocycles. The van der Waals surface area contributed by atoms with Crippen LogP contribution in [-0.2, 0) is 14.4 Å². The Morgan fingerprint density at radius 2 is 1.56 bits per heavy atom. The highest BCUT2D eigenvalue weighted by atomic mass is 35.5. The largest absolute Gasteiger partial charge is 0.490 e. The predicted molar refractivity (Wildman–Crippen MR) is 154 cm³/mol. The standard InChI is InChI=1S/C26H29Cl3N4O3.C2HF3O2/c1-16(34)32-10-7-17(8-11-32)25(35)33-12-9-24(20(15-33)18-3-5-21(28)22(29)13-18)31(2)26(36)23-6-4-19(27)14-30-23;3-2(4,5)1(6)7/h3-6,13-14,17,20,24H,7-12,15H2,1-2H3;(H,6,7)/t20-,24+;/m0./s1. The lowest BCUT2D eigenvalue weighted by atomic mass is 9.84. The van der Waals surface area contributed by atoms with Gasteiger partial charge in [0, 0.05) is 64.2 Å². The van der Waals surface area contributed by atoms with Crippen LogP contribution in [0.15, 0.2) is 36.5 Å². The molecule has 3 heterocycles. The van der Waals surface area contributed by atoms with Crippen molar-refractivity contribution in [1.82, 2.24) is 19.7 Å². The molecule has 2 aliphatic heterocycles. The molecule has 1 aromatic heterocycles. The molecule has 2 aliphatic rings. The van der Waals surface area contributed by atoms with Gasteiger partial charge in [0.05, 0.1) is 15.1 Å². The molecule has 43 heavy (non-hydrogen) atoms. The van der Waals surface area contributed by atoms with Gasteiger partial charge in [-0.25, -0.2) is 9.78 Å². The number of hydrogen-bond donors (Lipinski definition) is 1. The molecule has 2 fully saturated rings. The van der Waals surface area contributed by atoms with Gasteiger partial charge in [0.2, 0.25) is 11.8 Å². The highest BCUT2D eigenvalue weighted by Gasteiger charge is 2.40. The summed E-state index contributed by atoms with van der Waals surface area (Å²) in [5.41, 5.74) is 1.23. The van der Waals surface area contributed by atoms with Gasteiger partial charge in [-0.3, -0.25) is 14.4 Å². The molecule has 0 spiro atoms. The number of carboxylic acids is 1. The van der Waals surface area contributed by atoms with Gasteiger partial charge >= 0.3 is 12.1 Å². The molecular weight excluding hydrogens is 636 g/mol. The molecule has 2 aromatic rings. The quantitative estimate of drug-likeness (QED) is 0.469. The first-order valence-electron chi connectivity index (χ1n) is 13.3. The number of likely N-dealkylation sites (N-methyl/N-ethyl adjacent to an activating group) is 1. The first kappa shape index (κ1) is 34.4. The number of pyridine rings is 1. The average Bonchev–Trinajstić information content (AvgIpc) is 2.97. The maximum atomic E-state index is 13.5. The van der Waals surface area contributed by atoms with Gasteiger partial charge in [-0.15, -0.1) is 0 Å². The van der Waals surface area contributed by atoms with E-state index in [9.17, 15) is 27.6 Å². The number of aromatic nitrogens is 1. The monoisotopic (exact) mass is 664 g/mol. The van der Waals surface area contributed by atoms with E-state index in [1.54, 1.807) is 42.0 Å². The zero-order chi connectivity index (χ0) is 32.1. The van der Waals surface area contributed by atoms with Crippen LogP contribution in [0.1, 0.15) is 48.2 Å². The number of likely N-dealkylation sites (tertiary alicyclic amines) is 2. The summed E-state index contributed by atoms with van der Waals surface area (Å²) in [7, 11) is 1.77. The van der Waals surface area contributed by atoms with Crippen LogP contribution in [0, 0.1) is 5.92 Å². The maximum Gasteiger partial charge on any atom is 0.490 e. The number of carbonyl (C=O) groups excluding carboxylic acids is 3. The summed E-state index contributed by atoms with van der Waals surface area (Å²) in [6.45, 7) is 3.76. The summed E-state index contributed by atoms with van der Waals surface area (Å²) >= 11 is 18.5. The summed E-state index contributed by atoms with van der Waals surface area (Å²) in [6, 6.07) is 8.56. The van der Waals surface area contributed by atoms with E-state index in [1.165, 1.54) is 6.20 Å². The van der Waals surface area contributed by atoms with Gasteiger partial charge in [-0.1, -0.05) is 40.9 Å². The second-order valence-corrected chi connectivity index (χ2v) is 11.5. The van der Waals surface area contributed by atoms with Crippen LogP contribution in [0.25, 0.3) is 0 Å². The topological polar surface area (TPSA) is 111 Å². The van der Waals surface area contributed by atoms with Crippen LogP contribution in [0.3, 0.4) is 0 Å². The molecule has 234 valence electrons. The van der Waals surface area contributed by atoms with E-state index in [4.69, 9.17) is 44.7 Å². The lowest BCUT2D eigenvalue weighted by molar-refractivity contribution is -0.192. The molecule has 2 saturated heterocycles. The van der Waals surface area contributed by atoms with E-state index in [1.807, 2.05) is 17.0 Å². The van der Waals surface area contributed by atoms with Crippen molar-refractivity contribution in [3.8, 4) is 0 Å². The molecule has 0 saturated carbocycles. The Labute approximate surface area is 261 Å². The van der Waals surface area contributed by atoms with Gasteiger partial charge in [-0.05, 0) is 49.1 Å². The van der Waals surface area contributed by atoms with E-state index in [-0.39, 0.29) is 35.6 Å². The Balaban J connectivity index is 0.000000646. The lowest BCUT2D eigenvalue weighted by Crippen LogP contribution is -2.53. The van der Waals surface area contributed by atoms with E-state index >= 15 is 0 Å². The number of carbonyl (C=O) groups is 4. The number of halogens is 6. The number of hydrogen-bond acceptors (Lipinski definition) is 5. The third kappa shape index (κ3) is 8.96. The molecule has 0 bridgehead atoms. The van der Waals surface area contributed by atoms with E-state index < -0.39 is 12.1 Å². The van der Waals surface area contributed by atoms with Crippen molar-refractivity contribution in [3.63, 3.8) is 0 Å². The summed E-state index contributed by atoms with van der Waals surface area (Å²) in [5, 5.41) is 8.47. The minimum Gasteiger partial charge on any atom is -0.475 e. The van der Waals surface area contributed by atoms with Crippen molar-refractivity contribution in [3.05, 3.63) is 62.9 Å². The molecule has 1 N–H and O–H groups in total. The second kappa shape index (κ2) is 14.6. The normalized spacial score (nSPS) is 19.3. The number of rotatable bonds is 4. The van der Waals surface area contributed by atoms with E-state index in [0.29, 0.717) is 66.2 Å². The molecule has 4 rings (SSSR count). The molecule has 2 atom stereocenters. The Morgan fingerprint density at radius 1 is 0.953 bits per heavy atom. The number of nitrogens with zero attached hydrogens (tertiary/aromatic N) is 4. The summed E-state index contributed by atoms with van der Waals surface area (Å²) in [5.74, 6) is -3.08. The zero-order valence-corrected chi connectivity index (χ0v) is 25.6. The highest BCUT2D eigenvalue weighted by Crippen LogP contribution is 2.35. The fraction of sp³-hybridized carbons (Fsp3) is 0.464. The van der Waals surface area contributed by atoms with E-state index in [2.05, 4.69) is 4.98 Å². The van der Waals surface area contributed by atoms with Gasteiger partial charge < -0.3 is 19.8 Å². The molecule has 15 heteroatoms. The van der Waals surface area contributed by atoms with Gasteiger partial charge in [0.25, 0.3) is 5.91 Å². The number of benzene rings is 1. The van der Waals surface area contributed by atoms with Crippen LogP contribution < -0.4 is 0 Å². The first-order chi connectivity index (χ1) is 20.1.